The Morgan fingerprint density at radius 3 is 2.67 bits per heavy atom. The van der Waals surface area contributed by atoms with Crippen molar-refractivity contribution in [3.8, 4) is 0 Å². The van der Waals surface area contributed by atoms with E-state index in [1.807, 2.05) is 12.1 Å². The van der Waals surface area contributed by atoms with Crippen molar-refractivity contribution in [3.63, 3.8) is 0 Å². The Bertz CT molecular complexity index is 922. The standard InChI is InChI=1S/C20H21ClN2O4/c1-23-11-3-5-16(18(23)25)17(24)22-20(19(26)27)10-2-4-14(20)12-13-6-8-15(21)9-7-13/h3,5-9,11,14H,2,4,10,12H2,1H3,(H,22,24)(H,26,27). The van der Waals surface area contributed by atoms with Gasteiger partial charge in [-0.05, 0) is 55.0 Å². The lowest BCUT2D eigenvalue weighted by Crippen LogP contribution is -2.58. The molecule has 2 aromatic rings. The largest absolute Gasteiger partial charge is 0.479 e. The zero-order valence-corrected chi connectivity index (χ0v) is 15.7. The second-order valence-corrected chi connectivity index (χ2v) is 7.42. The normalized spacial score (nSPS) is 21.8. The number of hydrogen-bond acceptors (Lipinski definition) is 3. The van der Waals surface area contributed by atoms with Crippen LogP contribution in [-0.2, 0) is 18.3 Å². The van der Waals surface area contributed by atoms with Crippen molar-refractivity contribution in [2.45, 2.75) is 31.2 Å². The van der Waals surface area contributed by atoms with Gasteiger partial charge in [-0.3, -0.25) is 9.59 Å². The summed E-state index contributed by atoms with van der Waals surface area (Å²) in [6.07, 6.45) is 3.76. The molecule has 1 aliphatic rings. The highest BCUT2D eigenvalue weighted by Gasteiger charge is 2.50. The molecule has 1 aromatic carbocycles. The van der Waals surface area contributed by atoms with Crippen molar-refractivity contribution in [3.05, 3.63) is 69.1 Å². The number of nitrogens with one attached hydrogen (secondary N) is 1. The van der Waals surface area contributed by atoms with Gasteiger partial charge in [0.1, 0.15) is 11.1 Å². The van der Waals surface area contributed by atoms with Gasteiger partial charge in [0.05, 0.1) is 0 Å². The zero-order valence-electron chi connectivity index (χ0n) is 14.9. The van der Waals surface area contributed by atoms with Gasteiger partial charge in [0.25, 0.3) is 11.5 Å². The van der Waals surface area contributed by atoms with Crippen LogP contribution in [0, 0.1) is 5.92 Å². The van der Waals surface area contributed by atoms with E-state index in [2.05, 4.69) is 5.32 Å². The lowest BCUT2D eigenvalue weighted by atomic mass is 9.82. The summed E-state index contributed by atoms with van der Waals surface area (Å²) >= 11 is 5.92. The number of amides is 1. The molecule has 2 N–H and O–H groups in total. The summed E-state index contributed by atoms with van der Waals surface area (Å²) in [5.41, 5.74) is -0.945. The second kappa shape index (κ2) is 7.56. The molecule has 2 atom stereocenters. The summed E-state index contributed by atoms with van der Waals surface area (Å²) in [6, 6.07) is 10.3. The van der Waals surface area contributed by atoms with Crippen molar-refractivity contribution in [1.82, 2.24) is 9.88 Å². The number of halogens is 1. The summed E-state index contributed by atoms with van der Waals surface area (Å²) in [4.78, 5) is 37.1. The molecule has 1 fully saturated rings. The number of rotatable bonds is 5. The number of benzene rings is 1. The van der Waals surface area contributed by atoms with E-state index in [4.69, 9.17) is 11.6 Å². The maximum absolute atomic E-state index is 12.7. The van der Waals surface area contributed by atoms with Crippen molar-refractivity contribution in [2.75, 3.05) is 0 Å². The summed E-state index contributed by atoms with van der Waals surface area (Å²) < 4.78 is 1.29. The molecule has 142 valence electrons. The lowest BCUT2D eigenvalue weighted by Gasteiger charge is -2.32. The average Bonchev–Trinajstić information content (AvgIpc) is 3.03. The van der Waals surface area contributed by atoms with Gasteiger partial charge in [0, 0.05) is 18.3 Å². The van der Waals surface area contributed by atoms with Gasteiger partial charge in [-0.15, -0.1) is 0 Å². The number of carboxylic acids is 1. The van der Waals surface area contributed by atoms with Crippen LogP contribution < -0.4 is 10.9 Å². The summed E-state index contributed by atoms with van der Waals surface area (Å²) in [5.74, 6) is -1.99. The number of carbonyl (C=O) groups excluding carboxylic acids is 1. The van der Waals surface area contributed by atoms with E-state index in [0.29, 0.717) is 30.7 Å². The fourth-order valence-electron chi connectivity index (χ4n) is 3.80. The van der Waals surface area contributed by atoms with E-state index >= 15 is 0 Å². The first-order valence-corrected chi connectivity index (χ1v) is 9.17. The van der Waals surface area contributed by atoms with Crippen molar-refractivity contribution < 1.29 is 14.7 Å². The summed E-state index contributed by atoms with van der Waals surface area (Å²) in [7, 11) is 1.55. The Hall–Kier alpha value is -2.60. The summed E-state index contributed by atoms with van der Waals surface area (Å²) in [5, 5.41) is 13.3. The van der Waals surface area contributed by atoms with E-state index in [1.54, 1.807) is 31.4 Å². The second-order valence-electron chi connectivity index (χ2n) is 6.99. The molecule has 1 saturated carbocycles. The number of aromatic nitrogens is 1. The highest BCUT2D eigenvalue weighted by Crippen LogP contribution is 2.38. The van der Waals surface area contributed by atoms with Crippen LogP contribution in [0.1, 0.15) is 35.2 Å². The monoisotopic (exact) mass is 388 g/mol. The SMILES string of the molecule is Cn1cccc(C(=O)NC2(C(=O)O)CCCC2Cc2ccc(Cl)cc2)c1=O. The quantitative estimate of drug-likeness (QED) is 0.824. The number of carbonyl (C=O) groups is 2. The van der Waals surface area contributed by atoms with Crippen molar-refractivity contribution >= 4 is 23.5 Å². The molecule has 0 spiro atoms. The van der Waals surface area contributed by atoms with Crippen LogP contribution in [0.3, 0.4) is 0 Å². The van der Waals surface area contributed by atoms with Crippen molar-refractivity contribution in [1.29, 1.82) is 0 Å². The average molecular weight is 389 g/mol. The number of carboxylic acid groups (broad SMARTS) is 1. The molecule has 2 unspecified atom stereocenters. The molecular formula is C20H21ClN2O4. The first-order valence-electron chi connectivity index (χ1n) is 8.79. The molecule has 1 aliphatic carbocycles. The number of aliphatic carboxylic acids is 1. The van der Waals surface area contributed by atoms with Crippen LogP contribution in [0.5, 0.6) is 0 Å². The Balaban J connectivity index is 1.89. The Morgan fingerprint density at radius 2 is 2.00 bits per heavy atom. The van der Waals surface area contributed by atoms with E-state index in [-0.39, 0.29) is 11.5 Å². The third kappa shape index (κ3) is 3.76. The van der Waals surface area contributed by atoms with E-state index in [1.165, 1.54) is 10.6 Å². The highest BCUT2D eigenvalue weighted by molar-refractivity contribution is 6.30. The minimum atomic E-state index is -1.39. The molecule has 0 saturated heterocycles. The van der Waals surface area contributed by atoms with Crippen LogP contribution in [0.4, 0.5) is 0 Å². The lowest BCUT2D eigenvalue weighted by molar-refractivity contribution is -0.146. The van der Waals surface area contributed by atoms with Gasteiger partial charge in [-0.2, -0.15) is 0 Å². The maximum atomic E-state index is 12.7. The third-order valence-electron chi connectivity index (χ3n) is 5.30. The predicted molar refractivity (Wildman–Crippen MR) is 102 cm³/mol. The highest BCUT2D eigenvalue weighted by atomic mass is 35.5. The molecule has 6 nitrogen and oxygen atoms in total. The van der Waals surface area contributed by atoms with Crippen molar-refractivity contribution in [2.24, 2.45) is 13.0 Å². The number of aryl methyl sites for hydroxylation is 1. The molecule has 0 radical (unpaired) electrons. The molecule has 3 rings (SSSR count). The molecule has 1 aromatic heterocycles. The fraction of sp³-hybridized carbons (Fsp3) is 0.350. The van der Waals surface area contributed by atoms with Crippen LogP contribution in [0.25, 0.3) is 0 Å². The van der Waals surface area contributed by atoms with Gasteiger partial charge in [0.2, 0.25) is 0 Å². The fourth-order valence-corrected chi connectivity index (χ4v) is 3.92. The Labute approximate surface area is 161 Å². The van der Waals surface area contributed by atoms with E-state index in [0.717, 1.165) is 5.56 Å². The van der Waals surface area contributed by atoms with Gasteiger partial charge >= 0.3 is 5.97 Å². The van der Waals surface area contributed by atoms with Gasteiger partial charge in [-0.25, -0.2) is 4.79 Å². The molecule has 1 amide bonds. The number of pyridine rings is 1. The summed E-state index contributed by atoms with van der Waals surface area (Å²) in [6.45, 7) is 0. The number of hydrogen-bond donors (Lipinski definition) is 2. The van der Waals surface area contributed by atoms with Gasteiger partial charge < -0.3 is 15.0 Å². The number of nitrogens with zero attached hydrogens (tertiary/aromatic N) is 1. The van der Waals surface area contributed by atoms with Crippen LogP contribution in [0.2, 0.25) is 5.02 Å². The third-order valence-corrected chi connectivity index (χ3v) is 5.55. The maximum Gasteiger partial charge on any atom is 0.329 e. The minimum Gasteiger partial charge on any atom is -0.479 e. The molecule has 0 bridgehead atoms. The Morgan fingerprint density at radius 1 is 1.30 bits per heavy atom. The smallest absolute Gasteiger partial charge is 0.329 e. The zero-order chi connectivity index (χ0) is 19.6. The first-order chi connectivity index (χ1) is 12.8. The molecule has 0 aliphatic heterocycles. The minimum absolute atomic E-state index is 0.0576. The van der Waals surface area contributed by atoms with Crippen LogP contribution in [-0.4, -0.2) is 27.1 Å². The van der Waals surface area contributed by atoms with Crippen LogP contribution in [0.15, 0.2) is 47.4 Å². The predicted octanol–water partition coefficient (Wildman–Crippen LogP) is 2.63. The molecule has 7 heteroatoms. The Kier molecular flexibility index (Phi) is 5.37. The molecule has 1 heterocycles. The topological polar surface area (TPSA) is 88.4 Å². The van der Waals surface area contributed by atoms with Crippen LogP contribution >= 0.6 is 11.6 Å². The first kappa shape index (κ1) is 19.2. The van der Waals surface area contributed by atoms with E-state index in [9.17, 15) is 19.5 Å². The van der Waals surface area contributed by atoms with E-state index < -0.39 is 23.0 Å². The van der Waals surface area contributed by atoms with Gasteiger partial charge in [-0.1, -0.05) is 30.2 Å². The molecular weight excluding hydrogens is 368 g/mol. The van der Waals surface area contributed by atoms with Gasteiger partial charge in [0.15, 0.2) is 0 Å². The molecule has 27 heavy (non-hydrogen) atoms.